The summed E-state index contributed by atoms with van der Waals surface area (Å²) in [6.07, 6.45) is 0. The number of hydrogen-bond donors (Lipinski definition) is 1. The summed E-state index contributed by atoms with van der Waals surface area (Å²) in [4.78, 5) is 13.4. The first-order valence-electron chi connectivity index (χ1n) is 9.76. The summed E-state index contributed by atoms with van der Waals surface area (Å²) in [5.74, 6) is 2.42. The summed E-state index contributed by atoms with van der Waals surface area (Å²) in [5, 5.41) is 3.16. The number of rotatable bonds is 3. The van der Waals surface area contributed by atoms with Crippen LogP contribution in [0.3, 0.4) is 0 Å². The van der Waals surface area contributed by atoms with E-state index in [2.05, 4.69) is 5.32 Å². The van der Waals surface area contributed by atoms with Gasteiger partial charge in [-0.1, -0.05) is 42.5 Å². The second-order valence-corrected chi connectivity index (χ2v) is 7.24. The van der Waals surface area contributed by atoms with Crippen LogP contribution in [0.1, 0.15) is 35.6 Å². The van der Waals surface area contributed by atoms with Gasteiger partial charge in [0, 0.05) is 11.1 Å². The number of nitrogens with one attached hydrogen (secondary N) is 1. The Balaban J connectivity index is 1.44. The van der Waals surface area contributed by atoms with E-state index in [1.165, 1.54) is 0 Å². The average molecular weight is 387 g/mol. The highest BCUT2D eigenvalue weighted by Gasteiger charge is 2.33. The van der Waals surface area contributed by atoms with E-state index in [-0.39, 0.29) is 11.9 Å². The second-order valence-electron chi connectivity index (χ2n) is 7.24. The zero-order valence-electron chi connectivity index (χ0n) is 16.1. The van der Waals surface area contributed by atoms with E-state index in [0.29, 0.717) is 13.2 Å². The summed E-state index contributed by atoms with van der Waals surface area (Å²) >= 11 is 0. The Hall–Kier alpha value is -3.47. The maximum Gasteiger partial charge on any atom is 0.232 e. The van der Waals surface area contributed by atoms with E-state index in [1.54, 1.807) is 0 Å². The predicted octanol–water partition coefficient (Wildman–Crippen LogP) is 4.57. The lowest BCUT2D eigenvalue weighted by Crippen LogP contribution is -2.33. The lowest BCUT2D eigenvalue weighted by atomic mass is 9.87. The number of para-hydroxylation sites is 2. The predicted molar refractivity (Wildman–Crippen MR) is 109 cm³/mol. The van der Waals surface area contributed by atoms with Crippen LogP contribution < -0.4 is 19.5 Å². The average Bonchev–Trinajstić information content (AvgIpc) is 2.76. The first-order chi connectivity index (χ1) is 14.2. The molecule has 0 saturated carbocycles. The van der Waals surface area contributed by atoms with E-state index in [0.717, 1.165) is 39.7 Å². The highest BCUT2D eigenvalue weighted by atomic mass is 16.6. The molecule has 146 valence electrons. The van der Waals surface area contributed by atoms with E-state index < -0.39 is 5.92 Å². The number of amides is 1. The van der Waals surface area contributed by atoms with Crippen molar-refractivity contribution in [1.82, 2.24) is 5.32 Å². The largest absolute Gasteiger partial charge is 0.486 e. The van der Waals surface area contributed by atoms with E-state index in [4.69, 9.17) is 14.2 Å². The summed E-state index contributed by atoms with van der Waals surface area (Å²) in [6, 6.07) is 21.0. The molecule has 2 aliphatic heterocycles. The van der Waals surface area contributed by atoms with Crippen molar-refractivity contribution in [2.75, 3.05) is 13.2 Å². The van der Waals surface area contributed by atoms with Crippen LogP contribution in [0.5, 0.6) is 23.0 Å². The van der Waals surface area contributed by atoms with Crippen LogP contribution in [0, 0.1) is 0 Å². The van der Waals surface area contributed by atoms with Gasteiger partial charge in [-0.15, -0.1) is 0 Å². The molecule has 0 fully saturated rings. The van der Waals surface area contributed by atoms with Gasteiger partial charge in [0.05, 0.1) is 12.0 Å². The smallest absolute Gasteiger partial charge is 0.232 e. The molecule has 0 radical (unpaired) electrons. The molecule has 0 unspecified atom stereocenters. The van der Waals surface area contributed by atoms with Crippen LogP contribution in [-0.4, -0.2) is 19.1 Å². The van der Waals surface area contributed by atoms with Gasteiger partial charge in [0.25, 0.3) is 0 Å². The monoisotopic (exact) mass is 387 g/mol. The number of hydrogen-bond acceptors (Lipinski definition) is 4. The van der Waals surface area contributed by atoms with Gasteiger partial charge in [0.15, 0.2) is 11.5 Å². The van der Waals surface area contributed by atoms with Crippen molar-refractivity contribution in [3.05, 3.63) is 83.4 Å². The number of fused-ring (bicyclic) bond motifs is 3. The van der Waals surface area contributed by atoms with Crippen LogP contribution in [0.25, 0.3) is 0 Å². The third-order valence-electron chi connectivity index (χ3n) is 5.37. The maximum absolute atomic E-state index is 13.4. The molecule has 0 aromatic heterocycles. The van der Waals surface area contributed by atoms with Crippen molar-refractivity contribution in [2.45, 2.75) is 18.9 Å². The molecule has 0 saturated heterocycles. The molecule has 2 aliphatic rings. The molecule has 1 amide bonds. The van der Waals surface area contributed by atoms with E-state index in [1.807, 2.05) is 73.7 Å². The Labute approximate surface area is 169 Å². The first-order valence-corrected chi connectivity index (χ1v) is 9.76. The fraction of sp³-hybridized carbons (Fsp3) is 0.208. The van der Waals surface area contributed by atoms with Gasteiger partial charge in [-0.3, -0.25) is 4.79 Å². The van der Waals surface area contributed by atoms with Crippen molar-refractivity contribution in [3.63, 3.8) is 0 Å². The molecule has 0 bridgehead atoms. The lowest BCUT2D eigenvalue weighted by molar-refractivity contribution is -0.122. The molecule has 0 aliphatic carbocycles. The molecule has 2 heterocycles. The molecule has 5 heteroatoms. The highest BCUT2D eigenvalue weighted by molar-refractivity contribution is 5.90. The Morgan fingerprint density at radius 2 is 1.48 bits per heavy atom. The molecule has 1 N–H and O–H groups in total. The molecule has 5 rings (SSSR count). The standard InChI is InChI=1S/C24H21NO4/c1-15(16-10-11-21-22(14-16)28-13-12-27-21)25-24(26)23-17-6-2-4-8-19(17)29-20-9-5-3-7-18(20)23/h2-11,14-15,23H,12-13H2,1H3,(H,25,26)/t15-/m1/s1. The van der Waals surface area contributed by atoms with Gasteiger partial charge in [-0.05, 0) is 36.8 Å². The Bertz CT molecular complexity index is 1030. The molecular weight excluding hydrogens is 366 g/mol. The SMILES string of the molecule is C[C@@H](NC(=O)C1c2ccccc2Oc2ccccc21)c1ccc2c(c1)OCCO2. The lowest BCUT2D eigenvalue weighted by Gasteiger charge is -2.28. The second kappa shape index (κ2) is 7.17. The Morgan fingerprint density at radius 1 is 0.862 bits per heavy atom. The van der Waals surface area contributed by atoms with Crippen LogP contribution >= 0.6 is 0 Å². The zero-order chi connectivity index (χ0) is 19.8. The maximum atomic E-state index is 13.4. The highest BCUT2D eigenvalue weighted by Crippen LogP contribution is 2.44. The summed E-state index contributed by atoms with van der Waals surface area (Å²) in [7, 11) is 0. The van der Waals surface area contributed by atoms with Crippen molar-refractivity contribution in [1.29, 1.82) is 0 Å². The summed E-state index contributed by atoms with van der Waals surface area (Å²) in [6.45, 7) is 3.06. The fourth-order valence-electron chi connectivity index (χ4n) is 3.90. The third-order valence-corrected chi connectivity index (χ3v) is 5.37. The molecule has 1 atom stereocenters. The quantitative estimate of drug-likeness (QED) is 0.715. The van der Waals surface area contributed by atoms with Gasteiger partial charge in [0.2, 0.25) is 5.91 Å². The molecule has 5 nitrogen and oxygen atoms in total. The summed E-state index contributed by atoms with van der Waals surface area (Å²) < 4.78 is 17.3. The minimum Gasteiger partial charge on any atom is -0.486 e. The Morgan fingerprint density at radius 3 is 2.17 bits per heavy atom. The van der Waals surface area contributed by atoms with Gasteiger partial charge in [0.1, 0.15) is 24.7 Å². The van der Waals surface area contributed by atoms with E-state index in [9.17, 15) is 4.79 Å². The van der Waals surface area contributed by atoms with Gasteiger partial charge < -0.3 is 19.5 Å². The van der Waals surface area contributed by atoms with Crippen LogP contribution in [0.4, 0.5) is 0 Å². The number of carbonyl (C=O) groups is 1. The molecule has 29 heavy (non-hydrogen) atoms. The summed E-state index contributed by atoms with van der Waals surface area (Å²) in [5.41, 5.74) is 2.72. The van der Waals surface area contributed by atoms with Crippen LogP contribution in [0.2, 0.25) is 0 Å². The number of carbonyl (C=O) groups excluding carboxylic acids is 1. The zero-order valence-corrected chi connectivity index (χ0v) is 16.1. The van der Waals surface area contributed by atoms with Gasteiger partial charge >= 0.3 is 0 Å². The van der Waals surface area contributed by atoms with Crippen molar-refractivity contribution in [2.24, 2.45) is 0 Å². The topological polar surface area (TPSA) is 56.8 Å². The minimum atomic E-state index is -0.421. The van der Waals surface area contributed by atoms with Crippen molar-refractivity contribution < 1.29 is 19.0 Å². The molecule has 0 spiro atoms. The number of ether oxygens (including phenoxy) is 3. The Kier molecular flexibility index (Phi) is 4.35. The first kappa shape index (κ1) is 17.6. The van der Waals surface area contributed by atoms with Gasteiger partial charge in [-0.2, -0.15) is 0 Å². The molecule has 3 aromatic carbocycles. The third kappa shape index (κ3) is 3.18. The van der Waals surface area contributed by atoms with E-state index >= 15 is 0 Å². The minimum absolute atomic E-state index is 0.0596. The normalized spacial score (nSPS) is 15.5. The fourth-order valence-corrected chi connectivity index (χ4v) is 3.90. The number of benzene rings is 3. The van der Waals surface area contributed by atoms with Crippen LogP contribution in [0.15, 0.2) is 66.7 Å². The molecular formula is C24H21NO4. The molecule has 3 aromatic rings. The van der Waals surface area contributed by atoms with Crippen molar-refractivity contribution >= 4 is 5.91 Å². The van der Waals surface area contributed by atoms with Gasteiger partial charge in [-0.25, -0.2) is 0 Å². The van der Waals surface area contributed by atoms with Crippen LogP contribution in [-0.2, 0) is 4.79 Å². The van der Waals surface area contributed by atoms with Crippen molar-refractivity contribution in [3.8, 4) is 23.0 Å².